The van der Waals surface area contributed by atoms with Crippen molar-refractivity contribution in [3.8, 4) is 17.6 Å². The summed E-state index contributed by atoms with van der Waals surface area (Å²) >= 11 is 12.4. The van der Waals surface area contributed by atoms with Crippen LogP contribution in [0.5, 0.6) is 11.5 Å². The molecule has 0 aliphatic carbocycles. The molecule has 0 bridgehead atoms. The van der Waals surface area contributed by atoms with Crippen LogP contribution in [-0.4, -0.2) is 41.0 Å². The van der Waals surface area contributed by atoms with Crippen molar-refractivity contribution < 1.29 is 14.6 Å². The van der Waals surface area contributed by atoms with E-state index in [1.807, 2.05) is 6.07 Å². The fourth-order valence-corrected chi connectivity index (χ4v) is 3.83. The number of nitriles is 1. The molecular formula is C21H11Cl2N7O3. The molecule has 3 heterocycles. The number of carbonyl (C=O) groups is 1. The molecule has 0 aliphatic heterocycles. The quantitative estimate of drug-likeness (QED) is 0.391. The van der Waals surface area contributed by atoms with Gasteiger partial charge in [-0.05, 0) is 42.5 Å². The average Bonchev–Trinajstić information content (AvgIpc) is 3.37. The first kappa shape index (κ1) is 20.7. The van der Waals surface area contributed by atoms with Gasteiger partial charge in [0.05, 0.1) is 34.4 Å². The van der Waals surface area contributed by atoms with E-state index in [-0.39, 0.29) is 23.0 Å². The lowest BCUT2D eigenvalue weighted by Crippen LogP contribution is -2.11. The van der Waals surface area contributed by atoms with E-state index in [1.165, 1.54) is 18.3 Å². The van der Waals surface area contributed by atoms with Gasteiger partial charge in [-0.2, -0.15) is 10.4 Å². The van der Waals surface area contributed by atoms with Gasteiger partial charge in [-0.25, -0.2) is 14.5 Å². The Morgan fingerprint density at radius 1 is 1.21 bits per heavy atom. The maximum absolute atomic E-state index is 11.5. The van der Waals surface area contributed by atoms with Crippen molar-refractivity contribution in [2.45, 2.75) is 6.54 Å². The van der Waals surface area contributed by atoms with E-state index in [1.54, 1.807) is 35.0 Å². The van der Waals surface area contributed by atoms with Crippen LogP contribution in [0.25, 0.3) is 22.1 Å². The first-order valence-electron chi connectivity index (χ1n) is 9.41. The lowest BCUT2D eigenvalue weighted by molar-refractivity contribution is 0.193. The molecule has 0 unspecified atom stereocenters. The average molecular weight is 480 g/mol. The minimum Gasteiger partial charge on any atom is -0.463 e. The number of hydrogen-bond acceptors (Lipinski definition) is 7. The Morgan fingerprint density at radius 2 is 2.06 bits per heavy atom. The lowest BCUT2D eigenvalue weighted by atomic mass is 10.2. The van der Waals surface area contributed by atoms with Gasteiger partial charge in [0.15, 0.2) is 16.9 Å². The third-order valence-electron chi connectivity index (χ3n) is 4.81. The van der Waals surface area contributed by atoms with Crippen molar-refractivity contribution in [1.29, 1.82) is 5.26 Å². The van der Waals surface area contributed by atoms with E-state index in [4.69, 9.17) is 33.2 Å². The molecule has 5 rings (SSSR count). The predicted molar refractivity (Wildman–Crippen MR) is 119 cm³/mol. The summed E-state index contributed by atoms with van der Waals surface area (Å²) < 4.78 is 8.30. The van der Waals surface area contributed by atoms with E-state index < -0.39 is 6.09 Å². The summed E-state index contributed by atoms with van der Waals surface area (Å²) in [4.78, 5) is 15.6. The summed E-state index contributed by atoms with van der Waals surface area (Å²) in [6.45, 7) is 0.135. The number of pyridine rings is 1. The van der Waals surface area contributed by atoms with E-state index in [9.17, 15) is 9.90 Å². The monoisotopic (exact) mass is 479 g/mol. The molecule has 2 aromatic carbocycles. The molecule has 0 atom stereocenters. The fraction of sp³-hybridized carbons (Fsp3) is 0.0476. The molecule has 33 heavy (non-hydrogen) atoms. The molecule has 12 heteroatoms. The van der Waals surface area contributed by atoms with Crippen LogP contribution >= 0.6 is 23.2 Å². The van der Waals surface area contributed by atoms with Gasteiger partial charge in [-0.3, -0.25) is 0 Å². The van der Waals surface area contributed by atoms with Gasteiger partial charge in [-0.15, -0.1) is 9.78 Å². The Balaban J connectivity index is 1.57. The number of halogens is 2. The minimum atomic E-state index is -1.24. The highest BCUT2D eigenvalue weighted by atomic mass is 35.5. The number of carboxylic acid groups (broad SMARTS) is 1. The highest BCUT2D eigenvalue weighted by Gasteiger charge is 2.19. The lowest BCUT2D eigenvalue weighted by Gasteiger charge is -2.09. The molecule has 3 aromatic heterocycles. The molecule has 1 N–H and O–H groups in total. The molecular weight excluding hydrogens is 469 g/mol. The highest BCUT2D eigenvalue weighted by molar-refractivity contribution is 6.33. The first-order valence-corrected chi connectivity index (χ1v) is 10.2. The van der Waals surface area contributed by atoms with Gasteiger partial charge in [0.25, 0.3) is 0 Å². The summed E-state index contributed by atoms with van der Waals surface area (Å²) in [5.74, 6) is 0.564. The van der Waals surface area contributed by atoms with Gasteiger partial charge in [0, 0.05) is 16.6 Å². The van der Waals surface area contributed by atoms with Crippen molar-refractivity contribution in [3.63, 3.8) is 0 Å². The van der Waals surface area contributed by atoms with Gasteiger partial charge in [-0.1, -0.05) is 28.4 Å². The Hall–Kier alpha value is -4.20. The maximum Gasteiger partial charge on any atom is 0.434 e. The van der Waals surface area contributed by atoms with Gasteiger partial charge in [0.1, 0.15) is 5.75 Å². The SMILES string of the molecule is N#Cc1cc(Cl)cc(Oc2c(Cl)ccc3c2nnn3Cc2nn(C(=O)O)c3ncccc23)c1. The van der Waals surface area contributed by atoms with E-state index in [0.29, 0.717) is 38.4 Å². The number of ether oxygens (including phenoxy) is 1. The maximum atomic E-state index is 11.5. The first-order chi connectivity index (χ1) is 15.9. The van der Waals surface area contributed by atoms with Crippen molar-refractivity contribution >= 4 is 51.4 Å². The zero-order chi connectivity index (χ0) is 23.1. The molecule has 0 saturated heterocycles. The summed E-state index contributed by atoms with van der Waals surface area (Å²) in [5, 5.41) is 32.3. The van der Waals surface area contributed by atoms with Crippen molar-refractivity contribution in [2.75, 3.05) is 0 Å². The number of benzene rings is 2. The zero-order valence-corrected chi connectivity index (χ0v) is 18.0. The van der Waals surface area contributed by atoms with Gasteiger partial charge >= 0.3 is 6.09 Å². The molecule has 0 amide bonds. The second-order valence-electron chi connectivity index (χ2n) is 6.90. The number of fused-ring (bicyclic) bond motifs is 2. The summed E-state index contributed by atoms with van der Waals surface area (Å²) in [6, 6.07) is 13.4. The second kappa shape index (κ2) is 8.05. The minimum absolute atomic E-state index is 0.135. The van der Waals surface area contributed by atoms with Crippen LogP contribution in [0.4, 0.5) is 4.79 Å². The third-order valence-corrected chi connectivity index (χ3v) is 5.33. The van der Waals surface area contributed by atoms with E-state index >= 15 is 0 Å². The largest absolute Gasteiger partial charge is 0.463 e. The van der Waals surface area contributed by atoms with Gasteiger partial charge in [0.2, 0.25) is 0 Å². The molecule has 5 aromatic rings. The molecule has 0 fully saturated rings. The molecule has 0 aliphatic rings. The summed E-state index contributed by atoms with van der Waals surface area (Å²) in [6.07, 6.45) is 0.256. The Morgan fingerprint density at radius 3 is 2.85 bits per heavy atom. The van der Waals surface area contributed by atoms with Crippen LogP contribution in [0.2, 0.25) is 10.0 Å². The Kier molecular flexibility index (Phi) is 5.05. The molecule has 0 radical (unpaired) electrons. The normalized spacial score (nSPS) is 11.1. The summed E-state index contributed by atoms with van der Waals surface area (Å²) in [5.41, 5.74) is 1.97. The van der Waals surface area contributed by atoms with Crippen LogP contribution in [0.15, 0.2) is 48.7 Å². The van der Waals surface area contributed by atoms with E-state index in [2.05, 4.69) is 20.4 Å². The number of nitrogens with zero attached hydrogens (tertiary/aromatic N) is 7. The van der Waals surface area contributed by atoms with Crippen molar-refractivity contribution in [3.05, 3.63) is 70.0 Å². The smallest absolute Gasteiger partial charge is 0.434 e. The molecule has 0 spiro atoms. The zero-order valence-electron chi connectivity index (χ0n) is 16.5. The van der Waals surface area contributed by atoms with Crippen molar-refractivity contribution in [2.24, 2.45) is 0 Å². The van der Waals surface area contributed by atoms with Crippen molar-refractivity contribution in [1.82, 2.24) is 29.8 Å². The van der Waals surface area contributed by atoms with Crippen LogP contribution in [0, 0.1) is 11.3 Å². The number of rotatable bonds is 4. The van der Waals surface area contributed by atoms with E-state index in [0.717, 1.165) is 4.68 Å². The summed E-state index contributed by atoms with van der Waals surface area (Å²) in [7, 11) is 0. The number of aromatic nitrogens is 6. The predicted octanol–water partition coefficient (Wildman–Crippen LogP) is 4.72. The molecule has 162 valence electrons. The van der Waals surface area contributed by atoms with Crippen LogP contribution in [0.3, 0.4) is 0 Å². The fourth-order valence-electron chi connectivity index (χ4n) is 3.41. The Labute approximate surface area is 195 Å². The topological polar surface area (TPSA) is 132 Å². The van der Waals surface area contributed by atoms with Crippen LogP contribution in [0.1, 0.15) is 11.3 Å². The Bertz CT molecular complexity index is 1600. The third kappa shape index (κ3) is 3.69. The standard InChI is InChI=1S/C21H11Cl2N7O3/c22-12-6-11(9-24)7-13(8-12)33-19-15(23)3-4-17-18(19)26-28-29(17)10-16-14-2-1-5-25-20(14)30(27-16)21(31)32/h1-8H,10H2,(H,31,32). The molecule has 10 nitrogen and oxygen atoms in total. The number of hydrogen-bond donors (Lipinski definition) is 1. The van der Waals surface area contributed by atoms with Crippen LogP contribution < -0.4 is 4.74 Å². The second-order valence-corrected chi connectivity index (χ2v) is 7.74. The van der Waals surface area contributed by atoms with Gasteiger partial charge < -0.3 is 9.84 Å². The van der Waals surface area contributed by atoms with Crippen LogP contribution in [-0.2, 0) is 6.54 Å². The highest BCUT2D eigenvalue weighted by Crippen LogP contribution is 2.36. The molecule has 0 saturated carbocycles.